The Kier molecular flexibility index (Phi) is 8.62. The minimum atomic E-state index is -0.246. The second kappa shape index (κ2) is 11.2. The fourth-order valence-corrected chi connectivity index (χ4v) is 2.66. The summed E-state index contributed by atoms with van der Waals surface area (Å²) in [5, 5.41) is 2.88. The Morgan fingerprint density at radius 3 is 2.46 bits per heavy atom. The first kappa shape index (κ1) is 21.6. The van der Waals surface area contributed by atoms with Gasteiger partial charge in [-0.1, -0.05) is 13.3 Å². The Morgan fingerprint density at radius 2 is 1.79 bits per heavy atom. The lowest BCUT2D eigenvalue weighted by molar-refractivity contribution is 0.102. The minimum absolute atomic E-state index is 0.246. The number of methoxy groups -OCH3 is 2. The third kappa shape index (κ3) is 5.89. The van der Waals surface area contributed by atoms with Crippen LogP contribution in [0.5, 0.6) is 17.2 Å². The van der Waals surface area contributed by atoms with Crippen LogP contribution in [0.3, 0.4) is 0 Å². The van der Waals surface area contributed by atoms with Gasteiger partial charge in [0.15, 0.2) is 0 Å². The number of benzene rings is 2. The fraction of sp³-hybridized carbons (Fsp3) is 0.409. The molecule has 6 nitrogen and oxygen atoms in total. The SMILES string of the molecule is CCCCOCc1cc(C(=O)Nc2cc(OC)ccc2OC)ccc1OCC. The van der Waals surface area contributed by atoms with Crippen LogP contribution in [-0.4, -0.2) is 33.3 Å². The second-order valence-electron chi connectivity index (χ2n) is 6.18. The normalized spacial score (nSPS) is 10.4. The molecule has 0 aliphatic rings. The topological polar surface area (TPSA) is 66.0 Å². The van der Waals surface area contributed by atoms with Crippen molar-refractivity contribution in [2.75, 3.05) is 32.8 Å². The average molecular weight is 387 g/mol. The quantitative estimate of drug-likeness (QED) is 0.568. The molecule has 0 spiro atoms. The van der Waals surface area contributed by atoms with Crippen LogP contribution < -0.4 is 19.5 Å². The number of amides is 1. The van der Waals surface area contributed by atoms with E-state index in [0.29, 0.717) is 42.6 Å². The Labute approximate surface area is 166 Å². The van der Waals surface area contributed by atoms with Crippen LogP contribution in [0.15, 0.2) is 36.4 Å². The van der Waals surface area contributed by atoms with E-state index in [2.05, 4.69) is 12.2 Å². The zero-order valence-electron chi connectivity index (χ0n) is 17.0. The zero-order valence-corrected chi connectivity index (χ0v) is 17.0. The fourth-order valence-electron chi connectivity index (χ4n) is 2.66. The van der Waals surface area contributed by atoms with E-state index in [1.807, 2.05) is 6.92 Å². The number of anilines is 1. The van der Waals surface area contributed by atoms with Crippen molar-refractivity contribution in [1.82, 2.24) is 0 Å². The van der Waals surface area contributed by atoms with Crippen molar-refractivity contribution in [1.29, 1.82) is 0 Å². The molecule has 0 aliphatic carbocycles. The highest BCUT2D eigenvalue weighted by Gasteiger charge is 2.14. The molecular formula is C22H29NO5. The first-order valence-corrected chi connectivity index (χ1v) is 9.49. The summed E-state index contributed by atoms with van der Waals surface area (Å²) in [7, 11) is 3.13. The first-order chi connectivity index (χ1) is 13.6. The van der Waals surface area contributed by atoms with Gasteiger partial charge in [-0.2, -0.15) is 0 Å². The van der Waals surface area contributed by atoms with Crippen LogP contribution in [0.4, 0.5) is 5.69 Å². The molecule has 2 rings (SSSR count). The standard InChI is InChI=1S/C22H29NO5/c1-5-7-12-27-15-17-13-16(8-10-20(17)28-6-2)22(24)23-19-14-18(25-3)9-11-21(19)26-4/h8-11,13-14H,5-7,12,15H2,1-4H3,(H,23,24). The maximum Gasteiger partial charge on any atom is 0.255 e. The molecule has 0 atom stereocenters. The predicted octanol–water partition coefficient (Wildman–Crippen LogP) is 4.67. The molecule has 0 unspecified atom stereocenters. The lowest BCUT2D eigenvalue weighted by Crippen LogP contribution is -2.13. The smallest absolute Gasteiger partial charge is 0.255 e. The summed E-state index contributed by atoms with van der Waals surface area (Å²) in [4.78, 5) is 12.8. The highest BCUT2D eigenvalue weighted by Crippen LogP contribution is 2.30. The Hall–Kier alpha value is -2.73. The number of nitrogens with one attached hydrogen (secondary N) is 1. The molecule has 0 radical (unpaired) electrons. The molecule has 0 aromatic heterocycles. The number of ether oxygens (including phenoxy) is 4. The highest BCUT2D eigenvalue weighted by molar-refractivity contribution is 6.05. The van der Waals surface area contributed by atoms with Gasteiger partial charge >= 0.3 is 0 Å². The number of hydrogen-bond donors (Lipinski definition) is 1. The van der Waals surface area contributed by atoms with Crippen LogP contribution >= 0.6 is 0 Å². The van der Waals surface area contributed by atoms with Crippen molar-refractivity contribution < 1.29 is 23.7 Å². The van der Waals surface area contributed by atoms with Crippen molar-refractivity contribution in [3.05, 3.63) is 47.5 Å². The van der Waals surface area contributed by atoms with E-state index in [1.165, 1.54) is 0 Å². The van der Waals surface area contributed by atoms with E-state index >= 15 is 0 Å². The summed E-state index contributed by atoms with van der Waals surface area (Å²) < 4.78 is 21.9. The Balaban J connectivity index is 2.20. The molecular weight excluding hydrogens is 358 g/mol. The van der Waals surface area contributed by atoms with Crippen molar-refractivity contribution in [2.45, 2.75) is 33.3 Å². The van der Waals surface area contributed by atoms with E-state index < -0.39 is 0 Å². The van der Waals surface area contributed by atoms with Crippen LogP contribution in [0, 0.1) is 0 Å². The third-order valence-corrected chi connectivity index (χ3v) is 4.18. The van der Waals surface area contributed by atoms with Crippen molar-refractivity contribution in [2.24, 2.45) is 0 Å². The maximum absolute atomic E-state index is 12.8. The van der Waals surface area contributed by atoms with Crippen LogP contribution in [0.25, 0.3) is 0 Å². The van der Waals surface area contributed by atoms with E-state index in [9.17, 15) is 4.79 Å². The van der Waals surface area contributed by atoms with E-state index in [0.717, 1.165) is 24.2 Å². The molecule has 6 heteroatoms. The molecule has 0 saturated carbocycles. The van der Waals surface area contributed by atoms with Crippen molar-refractivity contribution in [3.8, 4) is 17.2 Å². The molecule has 0 aliphatic heterocycles. The summed E-state index contributed by atoms with van der Waals surface area (Å²) in [6, 6.07) is 10.6. The van der Waals surface area contributed by atoms with Gasteiger partial charge in [-0.3, -0.25) is 4.79 Å². The third-order valence-electron chi connectivity index (χ3n) is 4.18. The van der Waals surface area contributed by atoms with Crippen molar-refractivity contribution >= 4 is 11.6 Å². The van der Waals surface area contributed by atoms with E-state index in [-0.39, 0.29) is 5.91 Å². The molecule has 1 amide bonds. The van der Waals surface area contributed by atoms with Crippen LogP contribution in [0.1, 0.15) is 42.6 Å². The number of unbranched alkanes of at least 4 members (excludes halogenated alkanes) is 1. The lowest BCUT2D eigenvalue weighted by Gasteiger charge is -2.14. The number of carbonyl (C=O) groups is 1. The Morgan fingerprint density at radius 1 is 1.00 bits per heavy atom. The average Bonchev–Trinajstić information content (AvgIpc) is 2.72. The summed E-state index contributed by atoms with van der Waals surface area (Å²) in [6.07, 6.45) is 2.07. The van der Waals surface area contributed by atoms with Gasteiger partial charge in [-0.15, -0.1) is 0 Å². The van der Waals surface area contributed by atoms with E-state index in [1.54, 1.807) is 50.6 Å². The largest absolute Gasteiger partial charge is 0.497 e. The molecule has 152 valence electrons. The Bertz CT molecular complexity index is 776. The molecule has 0 saturated heterocycles. The molecule has 28 heavy (non-hydrogen) atoms. The lowest BCUT2D eigenvalue weighted by atomic mass is 10.1. The maximum atomic E-state index is 12.8. The van der Waals surface area contributed by atoms with Gasteiger partial charge in [0, 0.05) is 23.8 Å². The molecule has 0 bridgehead atoms. The molecule has 0 heterocycles. The monoisotopic (exact) mass is 387 g/mol. The molecule has 0 fully saturated rings. The first-order valence-electron chi connectivity index (χ1n) is 9.49. The van der Waals surface area contributed by atoms with Gasteiger partial charge in [0.05, 0.1) is 33.1 Å². The van der Waals surface area contributed by atoms with Gasteiger partial charge < -0.3 is 24.3 Å². The number of carbonyl (C=O) groups excluding carboxylic acids is 1. The summed E-state index contributed by atoms with van der Waals surface area (Å²) >= 11 is 0. The molecule has 2 aromatic rings. The molecule has 2 aromatic carbocycles. The zero-order chi connectivity index (χ0) is 20.4. The van der Waals surface area contributed by atoms with Gasteiger partial charge in [0.1, 0.15) is 17.2 Å². The summed E-state index contributed by atoms with van der Waals surface area (Å²) in [6.45, 7) is 5.68. The number of rotatable bonds is 11. The van der Waals surface area contributed by atoms with Crippen LogP contribution in [0.2, 0.25) is 0 Å². The summed E-state index contributed by atoms with van der Waals surface area (Å²) in [5.41, 5.74) is 1.91. The van der Waals surface area contributed by atoms with Gasteiger partial charge in [0.2, 0.25) is 0 Å². The minimum Gasteiger partial charge on any atom is -0.497 e. The molecule has 1 N–H and O–H groups in total. The van der Waals surface area contributed by atoms with E-state index in [4.69, 9.17) is 18.9 Å². The van der Waals surface area contributed by atoms with Gasteiger partial charge in [-0.25, -0.2) is 0 Å². The van der Waals surface area contributed by atoms with Crippen LogP contribution in [-0.2, 0) is 11.3 Å². The second-order valence-corrected chi connectivity index (χ2v) is 6.18. The van der Waals surface area contributed by atoms with Gasteiger partial charge in [-0.05, 0) is 43.7 Å². The number of hydrogen-bond acceptors (Lipinski definition) is 5. The van der Waals surface area contributed by atoms with Gasteiger partial charge in [0.25, 0.3) is 5.91 Å². The summed E-state index contributed by atoms with van der Waals surface area (Å²) in [5.74, 6) is 1.68. The highest BCUT2D eigenvalue weighted by atomic mass is 16.5. The van der Waals surface area contributed by atoms with Crippen molar-refractivity contribution in [3.63, 3.8) is 0 Å². The predicted molar refractivity (Wildman–Crippen MR) is 110 cm³/mol.